The predicted octanol–water partition coefficient (Wildman–Crippen LogP) is 2.19. The average Bonchev–Trinajstić information content (AvgIpc) is 2.37. The van der Waals surface area contributed by atoms with Crippen LogP contribution in [0.4, 0.5) is 5.82 Å². The monoisotopic (exact) mass is 235 g/mol. The number of fused-ring (bicyclic) bond motifs is 1. The van der Waals surface area contributed by atoms with Gasteiger partial charge in [-0.15, -0.1) is 0 Å². The molecule has 94 valence electrons. The minimum atomic E-state index is 0.288. The van der Waals surface area contributed by atoms with Crippen molar-refractivity contribution in [3.63, 3.8) is 0 Å². The van der Waals surface area contributed by atoms with Crippen LogP contribution in [0.25, 0.3) is 0 Å². The highest BCUT2D eigenvalue weighted by atomic mass is 16.5. The molecular weight excluding hydrogens is 214 g/mol. The predicted molar refractivity (Wildman–Crippen MR) is 68.3 cm³/mol. The maximum Gasteiger partial charge on any atom is 0.133 e. The zero-order chi connectivity index (χ0) is 12.1. The van der Waals surface area contributed by atoms with Crippen LogP contribution in [0.5, 0.6) is 0 Å². The summed E-state index contributed by atoms with van der Waals surface area (Å²) in [6.45, 7) is 5.61. The Balaban J connectivity index is 2.05. The van der Waals surface area contributed by atoms with E-state index in [1.807, 2.05) is 6.92 Å². The van der Waals surface area contributed by atoms with E-state index in [0.717, 1.165) is 31.9 Å². The number of anilines is 1. The Morgan fingerprint density at radius 2 is 2.18 bits per heavy atom. The number of ether oxygens (including phenoxy) is 1. The van der Waals surface area contributed by atoms with Crippen LogP contribution in [0.2, 0.25) is 0 Å². The van der Waals surface area contributed by atoms with Crippen LogP contribution in [0, 0.1) is 0 Å². The van der Waals surface area contributed by atoms with Crippen molar-refractivity contribution in [2.45, 2.75) is 45.6 Å². The first-order valence-corrected chi connectivity index (χ1v) is 6.48. The number of nitrogens with one attached hydrogen (secondary N) is 1. The van der Waals surface area contributed by atoms with Gasteiger partial charge >= 0.3 is 0 Å². The van der Waals surface area contributed by atoms with Gasteiger partial charge in [0.15, 0.2) is 0 Å². The second kappa shape index (κ2) is 5.96. The van der Waals surface area contributed by atoms with Gasteiger partial charge in [0.05, 0.1) is 6.61 Å². The number of nitrogens with zero attached hydrogens (tertiary/aromatic N) is 2. The largest absolute Gasteiger partial charge is 0.380 e. The molecule has 2 rings (SSSR count). The number of hydrogen-bond acceptors (Lipinski definition) is 4. The summed E-state index contributed by atoms with van der Waals surface area (Å²) >= 11 is 0. The van der Waals surface area contributed by atoms with Gasteiger partial charge in [0.2, 0.25) is 0 Å². The lowest BCUT2D eigenvalue weighted by Crippen LogP contribution is -2.24. The first-order valence-electron chi connectivity index (χ1n) is 6.48. The maximum absolute atomic E-state index is 5.41. The quantitative estimate of drug-likeness (QED) is 0.850. The van der Waals surface area contributed by atoms with Crippen molar-refractivity contribution >= 4 is 5.82 Å². The van der Waals surface area contributed by atoms with Crippen molar-refractivity contribution in [1.82, 2.24) is 9.97 Å². The smallest absolute Gasteiger partial charge is 0.133 e. The van der Waals surface area contributed by atoms with E-state index in [1.54, 1.807) is 6.33 Å². The lowest BCUT2D eigenvalue weighted by Gasteiger charge is -2.20. The van der Waals surface area contributed by atoms with E-state index in [-0.39, 0.29) is 6.04 Å². The molecule has 0 aliphatic heterocycles. The van der Waals surface area contributed by atoms with E-state index in [2.05, 4.69) is 22.2 Å². The maximum atomic E-state index is 5.41. The van der Waals surface area contributed by atoms with Gasteiger partial charge in [0.25, 0.3) is 0 Å². The summed E-state index contributed by atoms with van der Waals surface area (Å²) in [5.41, 5.74) is 2.53. The molecule has 0 amide bonds. The van der Waals surface area contributed by atoms with E-state index >= 15 is 0 Å². The molecule has 1 unspecified atom stereocenters. The average molecular weight is 235 g/mol. The summed E-state index contributed by atoms with van der Waals surface area (Å²) in [6, 6.07) is 0.288. The molecule has 1 aliphatic carbocycles. The van der Waals surface area contributed by atoms with Crippen molar-refractivity contribution in [2.75, 3.05) is 18.5 Å². The van der Waals surface area contributed by atoms with Crippen molar-refractivity contribution in [2.24, 2.45) is 0 Å². The molecule has 0 aromatic carbocycles. The van der Waals surface area contributed by atoms with E-state index in [9.17, 15) is 0 Å². The van der Waals surface area contributed by atoms with Crippen LogP contribution >= 0.6 is 0 Å². The third-order valence-electron chi connectivity index (χ3n) is 3.08. The number of rotatable bonds is 5. The third-order valence-corrected chi connectivity index (χ3v) is 3.08. The highest BCUT2D eigenvalue weighted by Crippen LogP contribution is 2.24. The van der Waals surface area contributed by atoms with Gasteiger partial charge in [0.1, 0.15) is 12.1 Å². The molecule has 17 heavy (non-hydrogen) atoms. The van der Waals surface area contributed by atoms with Gasteiger partial charge in [0, 0.05) is 23.9 Å². The van der Waals surface area contributed by atoms with E-state index in [4.69, 9.17) is 4.74 Å². The van der Waals surface area contributed by atoms with E-state index in [1.165, 1.54) is 24.1 Å². The highest BCUT2D eigenvalue weighted by Gasteiger charge is 2.16. The summed E-state index contributed by atoms with van der Waals surface area (Å²) in [4.78, 5) is 8.73. The van der Waals surface area contributed by atoms with Crippen LogP contribution in [0.3, 0.4) is 0 Å². The molecule has 1 aromatic heterocycles. The number of aromatic nitrogens is 2. The fraction of sp³-hybridized carbons (Fsp3) is 0.692. The fourth-order valence-corrected chi connectivity index (χ4v) is 2.22. The summed E-state index contributed by atoms with van der Waals surface area (Å²) in [5.74, 6) is 1.00. The van der Waals surface area contributed by atoms with Gasteiger partial charge in [-0.05, 0) is 39.5 Å². The van der Waals surface area contributed by atoms with Crippen LogP contribution < -0.4 is 5.32 Å². The third kappa shape index (κ3) is 3.16. The first kappa shape index (κ1) is 12.3. The second-order valence-electron chi connectivity index (χ2n) is 4.56. The Bertz CT molecular complexity index is 368. The van der Waals surface area contributed by atoms with Crippen LogP contribution in [-0.4, -0.2) is 29.2 Å². The van der Waals surface area contributed by atoms with Crippen molar-refractivity contribution in [3.05, 3.63) is 17.6 Å². The van der Waals surface area contributed by atoms with Crippen molar-refractivity contribution in [3.8, 4) is 0 Å². The molecule has 1 N–H and O–H groups in total. The SMILES string of the molecule is CCOCC(C)Nc1ncnc2c1CCCC2. The molecule has 0 saturated carbocycles. The summed E-state index contributed by atoms with van der Waals surface area (Å²) < 4.78 is 5.41. The molecule has 1 aliphatic rings. The molecule has 0 fully saturated rings. The molecule has 1 heterocycles. The zero-order valence-electron chi connectivity index (χ0n) is 10.7. The van der Waals surface area contributed by atoms with Gasteiger partial charge in [-0.3, -0.25) is 0 Å². The standard InChI is InChI=1S/C13H21N3O/c1-3-17-8-10(2)16-13-11-6-4-5-7-12(11)14-9-15-13/h9-10H,3-8H2,1-2H3,(H,14,15,16). The number of hydrogen-bond donors (Lipinski definition) is 1. The first-order chi connectivity index (χ1) is 8.31. The van der Waals surface area contributed by atoms with E-state index < -0.39 is 0 Å². The van der Waals surface area contributed by atoms with Gasteiger partial charge in [-0.25, -0.2) is 9.97 Å². The van der Waals surface area contributed by atoms with E-state index in [0.29, 0.717) is 0 Å². The summed E-state index contributed by atoms with van der Waals surface area (Å²) in [5, 5.41) is 3.43. The Hall–Kier alpha value is -1.16. The summed E-state index contributed by atoms with van der Waals surface area (Å²) in [6.07, 6.45) is 6.35. The van der Waals surface area contributed by atoms with Gasteiger partial charge in [-0.1, -0.05) is 0 Å². The molecule has 4 heteroatoms. The molecule has 4 nitrogen and oxygen atoms in total. The van der Waals surface area contributed by atoms with Crippen LogP contribution in [0.15, 0.2) is 6.33 Å². The lowest BCUT2D eigenvalue weighted by atomic mass is 9.96. The van der Waals surface area contributed by atoms with Gasteiger partial charge < -0.3 is 10.1 Å². The Labute approximate surface area is 103 Å². The van der Waals surface area contributed by atoms with Crippen LogP contribution in [-0.2, 0) is 17.6 Å². The minimum Gasteiger partial charge on any atom is -0.380 e. The summed E-state index contributed by atoms with van der Waals surface area (Å²) in [7, 11) is 0. The van der Waals surface area contributed by atoms with Crippen molar-refractivity contribution in [1.29, 1.82) is 0 Å². The fourth-order valence-electron chi connectivity index (χ4n) is 2.22. The zero-order valence-corrected chi connectivity index (χ0v) is 10.7. The Morgan fingerprint density at radius 3 is 3.00 bits per heavy atom. The van der Waals surface area contributed by atoms with Gasteiger partial charge in [-0.2, -0.15) is 0 Å². The van der Waals surface area contributed by atoms with Crippen molar-refractivity contribution < 1.29 is 4.74 Å². The molecule has 0 radical (unpaired) electrons. The second-order valence-corrected chi connectivity index (χ2v) is 4.56. The molecule has 1 aromatic rings. The Kier molecular flexibility index (Phi) is 4.31. The molecule has 0 spiro atoms. The number of aryl methyl sites for hydroxylation is 1. The minimum absolute atomic E-state index is 0.288. The topological polar surface area (TPSA) is 47.0 Å². The Morgan fingerprint density at radius 1 is 1.35 bits per heavy atom. The highest BCUT2D eigenvalue weighted by molar-refractivity contribution is 5.47. The molecule has 0 saturated heterocycles. The molecule has 0 bridgehead atoms. The van der Waals surface area contributed by atoms with Crippen LogP contribution in [0.1, 0.15) is 37.9 Å². The lowest BCUT2D eigenvalue weighted by molar-refractivity contribution is 0.141. The molecular formula is C13H21N3O. The normalized spacial score (nSPS) is 16.4. The molecule has 1 atom stereocenters.